The van der Waals surface area contributed by atoms with Gasteiger partial charge in [0.25, 0.3) is 0 Å². The Hall–Kier alpha value is -0.570. The van der Waals surface area contributed by atoms with Crippen molar-refractivity contribution in [2.45, 2.75) is 57.4 Å². The van der Waals surface area contributed by atoms with Crippen LogP contribution in [0.5, 0.6) is 0 Å². The minimum atomic E-state index is 0.276. The van der Waals surface area contributed by atoms with Crippen LogP contribution in [-0.2, 0) is 4.79 Å². The Labute approximate surface area is 105 Å². The summed E-state index contributed by atoms with van der Waals surface area (Å²) in [7, 11) is 1.98. The molecule has 0 aromatic heterocycles. The first-order valence-corrected chi connectivity index (χ1v) is 7.24. The highest BCUT2D eigenvalue weighted by Gasteiger charge is 2.23. The Morgan fingerprint density at radius 1 is 1.12 bits per heavy atom. The first kappa shape index (κ1) is 12.9. The molecule has 3 nitrogen and oxygen atoms in total. The van der Waals surface area contributed by atoms with Crippen molar-refractivity contribution in [3.05, 3.63) is 0 Å². The van der Waals surface area contributed by atoms with E-state index in [0.717, 1.165) is 12.5 Å². The second-order valence-electron chi connectivity index (χ2n) is 5.72. The van der Waals surface area contributed by atoms with Crippen LogP contribution in [0.25, 0.3) is 0 Å². The third-order valence-corrected chi connectivity index (χ3v) is 4.17. The molecule has 0 spiro atoms. The number of nitrogens with one attached hydrogen (secondary N) is 1. The zero-order valence-corrected chi connectivity index (χ0v) is 11.1. The molecule has 0 saturated heterocycles. The summed E-state index contributed by atoms with van der Waals surface area (Å²) in [5, 5.41) is 3.29. The molecule has 2 aliphatic rings. The van der Waals surface area contributed by atoms with Crippen molar-refractivity contribution < 1.29 is 4.79 Å². The number of likely N-dealkylation sites (N-methyl/N-ethyl adjacent to an activating group) is 1. The third kappa shape index (κ3) is 4.30. The van der Waals surface area contributed by atoms with E-state index in [9.17, 15) is 4.79 Å². The van der Waals surface area contributed by atoms with Crippen molar-refractivity contribution in [1.82, 2.24) is 10.2 Å². The second-order valence-corrected chi connectivity index (χ2v) is 5.72. The fraction of sp³-hybridized carbons (Fsp3) is 0.929. The molecule has 17 heavy (non-hydrogen) atoms. The molecular weight excluding hydrogens is 212 g/mol. The zero-order valence-electron chi connectivity index (χ0n) is 11.1. The molecule has 98 valence electrons. The minimum absolute atomic E-state index is 0.276. The number of carbonyl (C=O) groups is 1. The van der Waals surface area contributed by atoms with E-state index in [1.807, 2.05) is 11.9 Å². The van der Waals surface area contributed by atoms with Crippen LogP contribution < -0.4 is 5.32 Å². The molecule has 0 atom stereocenters. The lowest BCUT2D eigenvalue weighted by molar-refractivity contribution is -0.131. The van der Waals surface area contributed by atoms with E-state index in [1.165, 1.54) is 51.4 Å². The number of hydrogen-bond acceptors (Lipinski definition) is 2. The third-order valence-electron chi connectivity index (χ3n) is 4.17. The quantitative estimate of drug-likeness (QED) is 0.745. The predicted octanol–water partition coefficient (Wildman–Crippen LogP) is 2.17. The van der Waals surface area contributed by atoms with E-state index in [0.29, 0.717) is 12.6 Å². The lowest BCUT2D eigenvalue weighted by Crippen LogP contribution is -2.42. The number of carbonyl (C=O) groups excluding carboxylic acids is 1. The van der Waals surface area contributed by atoms with Gasteiger partial charge in [-0.1, -0.05) is 25.7 Å². The molecule has 0 aliphatic heterocycles. The fourth-order valence-electron chi connectivity index (χ4n) is 2.68. The number of rotatable bonds is 5. The summed E-state index contributed by atoms with van der Waals surface area (Å²) in [6.07, 6.45) is 10.4. The van der Waals surface area contributed by atoms with Gasteiger partial charge in [0, 0.05) is 13.1 Å². The van der Waals surface area contributed by atoms with Crippen LogP contribution in [-0.4, -0.2) is 37.0 Å². The van der Waals surface area contributed by atoms with Gasteiger partial charge in [0.05, 0.1) is 6.54 Å². The van der Waals surface area contributed by atoms with Crippen LogP contribution in [0.2, 0.25) is 0 Å². The summed E-state index contributed by atoms with van der Waals surface area (Å²) >= 11 is 0. The van der Waals surface area contributed by atoms with Crippen molar-refractivity contribution in [1.29, 1.82) is 0 Å². The van der Waals surface area contributed by atoms with Gasteiger partial charge >= 0.3 is 0 Å². The zero-order chi connectivity index (χ0) is 12.1. The van der Waals surface area contributed by atoms with Gasteiger partial charge in [0.15, 0.2) is 0 Å². The van der Waals surface area contributed by atoms with Gasteiger partial charge in [0.2, 0.25) is 5.91 Å². The topological polar surface area (TPSA) is 32.3 Å². The number of nitrogens with zero attached hydrogens (tertiary/aromatic N) is 1. The summed E-state index contributed by atoms with van der Waals surface area (Å²) in [5.41, 5.74) is 0. The summed E-state index contributed by atoms with van der Waals surface area (Å²) in [4.78, 5) is 14.0. The molecule has 2 fully saturated rings. The summed E-state index contributed by atoms with van der Waals surface area (Å²) in [6, 6.07) is 0.493. The van der Waals surface area contributed by atoms with Crippen LogP contribution in [0.1, 0.15) is 51.4 Å². The van der Waals surface area contributed by atoms with Gasteiger partial charge in [-0.05, 0) is 38.1 Å². The molecule has 0 bridgehead atoms. The molecule has 0 aromatic carbocycles. The SMILES string of the molecule is CN(C(=O)CNCC1CC1)C1CCCCCC1. The minimum Gasteiger partial charge on any atom is -0.342 e. The normalized spacial score (nSPS) is 22.2. The second kappa shape index (κ2) is 6.39. The van der Waals surface area contributed by atoms with Crippen molar-refractivity contribution in [3.8, 4) is 0 Å². The maximum absolute atomic E-state index is 12.0. The monoisotopic (exact) mass is 238 g/mol. The lowest BCUT2D eigenvalue weighted by atomic mass is 10.1. The first-order valence-electron chi connectivity index (χ1n) is 7.24. The van der Waals surface area contributed by atoms with Gasteiger partial charge in [-0.15, -0.1) is 0 Å². The van der Waals surface area contributed by atoms with E-state index in [4.69, 9.17) is 0 Å². The molecule has 2 aliphatic carbocycles. The van der Waals surface area contributed by atoms with Gasteiger partial charge in [-0.25, -0.2) is 0 Å². The molecule has 2 rings (SSSR count). The highest BCUT2D eigenvalue weighted by molar-refractivity contribution is 5.78. The van der Waals surface area contributed by atoms with Crippen LogP contribution in [0, 0.1) is 5.92 Å². The Kier molecular flexibility index (Phi) is 4.84. The number of hydrogen-bond donors (Lipinski definition) is 1. The summed E-state index contributed by atoms with van der Waals surface area (Å²) in [5.74, 6) is 1.13. The van der Waals surface area contributed by atoms with Crippen LogP contribution >= 0.6 is 0 Å². The van der Waals surface area contributed by atoms with E-state index in [1.54, 1.807) is 0 Å². The smallest absolute Gasteiger partial charge is 0.236 e. The average Bonchev–Trinajstić information content (AvgIpc) is 3.14. The van der Waals surface area contributed by atoms with Crippen molar-refractivity contribution in [2.24, 2.45) is 5.92 Å². The van der Waals surface area contributed by atoms with Gasteiger partial charge in [-0.3, -0.25) is 4.79 Å². The van der Waals surface area contributed by atoms with Crippen molar-refractivity contribution >= 4 is 5.91 Å². The number of amides is 1. The highest BCUT2D eigenvalue weighted by atomic mass is 16.2. The molecule has 0 heterocycles. The van der Waals surface area contributed by atoms with Crippen LogP contribution in [0.4, 0.5) is 0 Å². The van der Waals surface area contributed by atoms with E-state index >= 15 is 0 Å². The molecule has 0 radical (unpaired) electrons. The molecule has 1 N–H and O–H groups in total. The average molecular weight is 238 g/mol. The van der Waals surface area contributed by atoms with Crippen LogP contribution in [0.15, 0.2) is 0 Å². The van der Waals surface area contributed by atoms with Gasteiger partial charge in [-0.2, -0.15) is 0 Å². The Bertz CT molecular complexity index is 243. The first-order chi connectivity index (χ1) is 8.27. The largest absolute Gasteiger partial charge is 0.342 e. The lowest BCUT2D eigenvalue weighted by Gasteiger charge is -2.27. The maximum Gasteiger partial charge on any atom is 0.236 e. The summed E-state index contributed by atoms with van der Waals surface area (Å²) < 4.78 is 0. The maximum atomic E-state index is 12.0. The van der Waals surface area contributed by atoms with E-state index in [-0.39, 0.29) is 5.91 Å². The van der Waals surface area contributed by atoms with Crippen molar-refractivity contribution in [2.75, 3.05) is 20.1 Å². The predicted molar refractivity (Wildman–Crippen MR) is 69.9 cm³/mol. The molecular formula is C14H26N2O. The van der Waals surface area contributed by atoms with Gasteiger partial charge < -0.3 is 10.2 Å². The van der Waals surface area contributed by atoms with E-state index in [2.05, 4.69) is 5.32 Å². The van der Waals surface area contributed by atoms with Crippen molar-refractivity contribution in [3.63, 3.8) is 0 Å². The molecule has 0 aromatic rings. The Morgan fingerprint density at radius 2 is 1.76 bits per heavy atom. The van der Waals surface area contributed by atoms with Gasteiger partial charge in [0.1, 0.15) is 0 Å². The summed E-state index contributed by atoms with van der Waals surface area (Å²) in [6.45, 7) is 1.56. The molecule has 0 unspecified atom stereocenters. The van der Waals surface area contributed by atoms with Crippen LogP contribution in [0.3, 0.4) is 0 Å². The molecule has 1 amide bonds. The standard InChI is InChI=1S/C14H26N2O/c1-16(13-6-4-2-3-5-7-13)14(17)11-15-10-12-8-9-12/h12-13,15H,2-11H2,1H3. The fourth-order valence-corrected chi connectivity index (χ4v) is 2.68. The molecule has 2 saturated carbocycles. The Morgan fingerprint density at radius 3 is 2.35 bits per heavy atom. The Balaban J connectivity index is 1.68. The highest BCUT2D eigenvalue weighted by Crippen LogP contribution is 2.27. The van der Waals surface area contributed by atoms with E-state index < -0.39 is 0 Å². The molecule has 3 heteroatoms.